The molecule has 0 atom stereocenters. The smallest absolute Gasteiger partial charge is 0.199 e. The van der Waals surface area contributed by atoms with Crippen LogP contribution >= 0.6 is 14.5 Å². The van der Waals surface area contributed by atoms with Crippen molar-refractivity contribution in [2.45, 2.75) is 30.6 Å². The monoisotopic (exact) mass is 634 g/mol. The molecular formula is C42H40N2P2+4. The number of hydrogen-bond donors (Lipinski definition) is 0. The number of aromatic nitrogens is 2. The van der Waals surface area contributed by atoms with Gasteiger partial charge in [0.15, 0.2) is 37.6 Å². The first-order chi connectivity index (χ1) is 22.5. The van der Waals surface area contributed by atoms with Crippen LogP contribution in [0.25, 0.3) is 0 Å². The Bertz CT molecular complexity index is 1870. The number of benzene rings is 4. The van der Waals surface area contributed by atoms with Crippen molar-refractivity contribution in [1.29, 1.82) is 0 Å². The lowest BCUT2D eigenvalue weighted by atomic mass is 9.72. The maximum absolute atomic E-state index is 4.31. The van der Waals surface area contributed by atoms with Crippen LogP contribution in [0.15, 0.2) is 183 Å². The van der Waals surface area contributed by atoms with E-state index in [1.165, 1.54) is 21.2 Å². The van der Waals surface area contributed by atoms with Crippen LogP contribution in [0.2, 0.25) is 0 Å². The first-order valence-corrected chi connectivity index (χ1v) is 20.0. The quantitative estimate of drug-likeness (QED) is 0.101. The molecule has 1 fully saturated rings. The van der Waals surface area contributed by atoms with Gasteiger partial charge in [0.25, 0.3) is 5.28 Å². The summed E-state index contributed by atoms with van der Waals surface area (Å²) in [7, 11) is -4.58. The van der Waals surface area contributed by atoms with Crippen LogP contribution in [0.5, 0.6) is 0 Å². The summed E-state index contributed by atoms with van der Waals surface area (Å²) >= 11 is 0. The molecule has 6 aromatic rings. The molecule has 1 saturated carbocycles. The lowest BCUT2D eigenvalue weighted by Gasteiger charge is -2.48. The normalized spacial score (nSPS) is 19.3. The van der Waals surface area contributed by atoms with Gasteiger partial charge in [-0.05, 0) is 48.5 Å². The van der Waals surface area contributed by atoms with E-state index in [2.05, 4.69) is 217 Å². The van der Waals surface area contributed by atoms with E-state index in [1.54, 1.807) is 0 Å². The highest BCUT2D eigenvalue weighted by Crippen LogP contribution is 2.76. The zero-order chi connectivity index (χ0) is 31.5. The summed E-state index contributed by atoms with van der Waals surface area (Å²) in [5.41, 5.74) is 8.42. The van der Waals surface area contributed by atoms with Crippen LogP contribution in [0, 0.1) is 11.3 Å². The van der Waals surface area contributed by atoms with Crippen LogP contribution in [0.1, 0.15) is 19.8 Å². The summed E-state index contributed by atoms with van der Waals surface area (Å²) in [5.74, 6) is 0. The second kappa shape index (κ2) is 12.4. The third-order valence-corrected chi connectivity index (χ3v) is 17.5. The maximum atomic E-state index is 4.31. The zero-order valence-corrected chi connectivity index (χ0v) is 28.3. The summed E-state index contributed by atoms with van der Waals surface area (Å²) in [5, 5.41) is 5.02. The predicted molar refractivity (Wildman–Crippen MR) is 196 cm³/mol. The fourth-order valence-electron chi connectivity index (χ4n) is 7.45. The number of nitrogens with zero attached hydrogens (tertiary/aromatic N) is 2. The molecule has 0 saturated heterocycles. The molecule has 0 spiro atoms. The Kier molecular flexibility index (Phi) is 8.17. The molecule has 1 aliphatic carbocycles. The van der Waals surface area contributed by atoms with Gasteiger partial charge in [-0.25, -0.2) is 0 Å². The van der Waals surface area contributed by atoms with Crippen molar-refractivity contribution in [1.82, 2.24) is 0 Å². The Labute approximate surface area is 275 Å². The number of hydrogen-bond acceptors (Lipinski definition) is 0. The molecule has 2 heterocycles. The van der Waals surface area contributed by atoms with Crippen molar-refractivity contribution in [2.75, 3.05) is 6.66 Å². The topological polar surface area (TPSA) is 7.76 Å². The Balaban J connectivity index is 1.56. The van der Waals surface area contributed by atoms with Gasteiger partial charge in [0.1, 0.15) is 45.4 Å². The second-order valence-electron chi connectivity index (χ2n) is 12.6. The van der Waals surface area contributed by atoms with Gasteiger partial charge in [-0.15, -0.1) is 0 Å². The van der Waals surface area contributed by atoms with E-state index < -0.39 is 14.5 Å². The third kappa shape index (κ3) is 5.10. The minimum atomic E-state index is -2.48. The number of pyridine rings is 2. The highest BCUT2D eigenvalue weighted by Gasteiger charge is 2.81. The van der Waals surface area contributed by atoms with Gasteiger partial charge < -0.3 is 0 Å². The van der Waals surface area contributed by atoms with Gasteiger partial charge in [-0.3, -0.25) is 0 Å². The van der Waals surface area contributed by atoms with Crippen molar-refractivity contribution < 1.29 is 9.13 Å². The van der Waals surface area contributed by atoms with Crippen LogP contribution in [-0.2, 0) is 10.8 Å². The molecule has 0 aliphatic heterocycles. The highest BCUT2D eigenvalue weighted by molar-refractivity contribution is 7.96. The highest BCUT2D eigenvalue weighted by atomic mass is 31.2. The largest absolute Gasteiger partial charge is 0.300 e. The van der Waals surface area contributed by atoms with Crippen molar-refractivity contribution in [3.8, 4) is 11.3 Å². The summed E-state index contributed by atoms with van der Waals surface area (Å²) < 4.78 is 4.93. The first-order valence-electron chi connectivity index (χ1n) is 16.0. The first kappa shape index (κ1) is 30.3. The van der Waals surface area contributed by atoms with Crippen molar-refractivity contribution in [3.05, 3.63) is 183 Å². The Hall–Kier alpha value is -4.40. The average molecular weight is 635 g/mol. The summed E-state index contributed by atoms with van der Waals surface area (Å²) in [4.78, 5) is 0. The summed E-state index contributed by atoms with van der Waals surface area (Å²) in [6.07, 6.45) is 10.9. The predicted octanol–water partition coefficient (Wildman–Crippen LogP) is 7.01. The molecule has 4 heteroatoms. The molecule has 2 nitrogen and oxygen atoms in total. The molecular weight excluding hydrogens is 594 g/mol. The van der Waals surface area contributed by atoms with E-state index in [0.29, 0.717) is 0 Å². The Morgan fingerprint density at radius 2 is 0.804 bits per heavy atom. The van der Waals surface area contributed by atoms with Gasteiger partial charge in [-0.1, -0.05) is 84.9 Å². The summed E-state index contributed by atoms with van der Waals surface area (Å²) in [6, 6.07) is 57.2. The fraction of sp³-hybridized carbons (Fsp3) is 0.143. The fourth-order valence-corrected chi connectivity index (χ4v) is 15.5. The van der Waals surface area contributed by atoms with Crippen molar-refractivity contribution in [2.24, 2.45) is 0 Å². The van der Waals surface area contributed by atoms with E-state index in [1.807, 2.05) is 0 Å². The van der Waals surface area contributed by atoms with Gasteiger partial charge in [-0.2, -0.15) is 9.13 Å². The SMILES string of the molecule is CC1([n+]2ccccc2)CC([n+]2ccccc2)([P+](C#C[P+](C)(c2ccccc2)c2ccccc2)(c2ccccc2)c2ccccc2)C1. The molecule has 0 unspecified atom stereocenters. The maximum Gasteiger partial charge on any atom is 0.300 e. The van der Waals surface area contributed by atoms with Crippen LogP contribution in [0.4, 0.5) is 0 Å². The standard InChI is InChI=1S/C42H40N2P2/c1-41(43-29-17-7-18-30-43)35-42(36-41,44-31-19-8-20-32-44)46(39-25-13-5-14-26-39,40-27-15-6-16-28-40)34-33-45(2,37-21-9-3-10-22-37)38-23-11-4-12-24-38/h3-32H,35-36H2,1-2H3/q+4. The van der Waals surface area contributed by atoms with E-state index in [-0.39, 0.29) is 10.8 Å². The molecule has 0 amide bonds. The molecule has 0 N–H and O–H groups in total. The number of rotatable bonds is 7. The molecule has 4 aromatic carbocycles. The van der Waals surface area contributed by atoms with Gasteiger partial charge in [0, 0.05) is 31.2 Å². The molecule has 46 heavy (non-hydrogen) atoms. The molecule has 1 aliphatic rings. The molecule has 7 rings (SSSR count). The molecule has 0 radical (unpaired) electrons. The van der Waals surface area contributed by atoms with E-state index in [4.69, 9.17) is 0 Å². The molecule has 0 bridgehead atoms. The Morgan fingerprint density at radius 1 is 0.457 bits per heavy atom. The van der Waals surface area contributed by atoms with E-state index in [9.17, 15) is 0 Å². The van der Waals surface area contributed by atoms with E-state index >= 15 is 0 Å². The average Bonchev–Trinajstić information content (AvgIpc) is 3.13. The lowest BCUT2D eigenvalue weighted by molar-refractivity contribution is -0.834. The van der Waals surface area contributed by atoms with Crippen LogP contribution in [-0.4, -0.2) is 6.66 Å². The second-order valence-corrected chi connectivity index (χ2v) is 19.3. The molecule has 2 aromatic heterocycles. The Morgan fingerprint density at radius 3 is 1.22 bits per heavy atom. The third-order valence-electron chi connectivity index (χ3n) is 9.76. The lowest BCUT2D eigenvalue weighted by Crippen LogP contribution is -2.76. The van der Waals surface area contributed by atoms with E-state index in [0.717, 1.165) is 12.8 Å². The van der Waals surface area contributed by atoms with Crippen molar-refractivity contribution in [3.63, 3.8) is 0 Å². The van der Waals surface area contributed by atoms with Gasteiger partial charge in [0.2, 0.25) is 7.26 Å². The molecule has 224 valence electrons. The minimum Gasteiger partial charge on any atom is -0.199 e. The zero-order valence-electron chi connectivity index (χ0n) is 26.5. The van der Waals surface area contributed by atoms with Crippen LogP contribution < -0.4 is 30.4 Å². The van der Waals surface area contributed by atoms with Gasteiger partial charge >= 0.3 is 0 Å². The van der Waals surface area contributed by atoms with Crippen molar-refractivity contribution >= 4 is 35.7 Å². The minimum absolute atomic E-state index is 0.0576. The van der Waals surface area contributed by atoms with Gasteiger partial charge in [0.05, 0.1) is 6.66 Å². The summed E-state index contributed by atoms with van der Waals surface area (Å²) in [6.45, 7) is 4.82. The van der Waals surface area contributed by atoms with Crippen LogP contribution in [0.3, 0.4) is 0 Å².